The highest BCUT2D eigenvalue weighted by Crippen LogP contribution is 2.25. The van der Waals surface area contributed by atoms with Crippen molar-refractivity contribution in [3.05, 3.63) is 35.0 Å². The standard InChI is InChI=1S/C14H19ClN2/c1-4-17-9-11(7-10(2)16-3)13-8-12(15)5-6-14(13)17/h5-6,8-10,16H,4,7H2,1-3H3. The monoisotopic (exact) mass is 250 g/mol. The van der Waals surface area contributed by atoms with Crippen molar-refractivity contribution in [1.29, 1.82) is 0 Å². The summed E-state index contributed by atoms with van der Waals surface area (Å²) in [7, 11) is 2.00. The summed E-state index contributed by atoms with van der Waals surface area (Å²) in [5, 5.41) is 5.37. The Morgan fingerprint density at radius 1 is 1.41 bits per heavy atom. The molecule has 0 fully saturated rings. The Kier molecular flexibility index (Phi) is 3.75. The molecule has 0 spiro atoms. The summed E-state index contributed by atoms with van der Waals surface area (Å²) in [6.45, 7) is 5.35. The number of hydrogen-bond donors (Lipinski definition) is 1. The summed E-state index contributed by atoms with van der Waals surface area (Å²) >= 11 is 6.09. The summed E-state index contributed by atoms with van der Waals surface area (Å²) in [5.41, 5.74) is 2.64. The zero-order chi connectivity index (χ0) is 12.4. The van der Waals surface area contributed by atoms with Gasteiger partial charge in [0.1, 0.15) is 0 Å². The van der Waals surface area contributed by atoms with Crippen molar-refractivity contribution >= 4 is 22.5 Å². The lowest BCUT2D eigenvalue weighted by atomic mass is 10.1. The van der Waals surface area contributed by atoms with Gasteiger partial charge in [0.2, 0.25) is 0 Å². The van der Waals surface area contributed by atoms with Gasteiger partial charge in [-0.15, -0.1) is 0 Å². The van der Waals surface area contributed by atoms with Crippen LogP contribution in [0.5, 0.6) is 0 Å². The molecule has 1 unspecified atom stereocenters. The number of hydrogen-bond acceptors (Lipinski definition) is 1. The van der Waals surface area contributed by atoms with Crippen LogP contribution in [-0.4, -0.2) is 17.7 Å². The second-order valence-electron chi connectivity index (χ2n) is 4.50. The molecule has 3 heteroatoms. The maximum Gasteiger partial charge on any atom is 0.0484 e. The van der Waals surface area contributed by atoms with Gasteiger partial charge in [-0.1, -0.05) is 11.6 Å². The normalized spacial score (nSPS) is 13.2. The largest absolute Gasteiger partial charge is 0.347 e. The van der Waals surface area contributed by atoms with E-state index >= 15 is 0 Å². The first-order chi connectivity index (χ1) is 8.15. The van der Waals surface area contributed by atoms with E-state index in [9.17, 15) is 0 Å². The van der Waals surface area contributed by atoms with E-state index in [0.717, 1.165) is 18.0 Å². The Morgan fingerprint density at radius 3 is 2.82 bits per heavy atom. The van der Waals surface area contributed by atoms with E-state index in [1.807, 2.05) is 13.1 Å². The molecule has 0 bridgehead atoms. The molecule has 0 amide bonds. The number of likely N-dealkylation sites (N-methyl/N-ethyl adjacent to an activating group) is 1. The minimum absolute atomic E-state index is 0.477. The fourth-order valence-electron chi connectivity index (χ4n) is 2.20. The highest BCUT2D eigenvalue weighted by molar-refractivity contribution is 6.31. The zero-order valence-electron chi connectivity index (χ0n) is 10.6. The Hall–Kier alpha value is -0.990. The van der Waals surface area contributed by atoms with Crippen LogP contribution in [0.25, 0.3) is 10.9 Å². The van der Waals surface area contributed by atoms with Gasteiger partial charge in [0.05, 0.1) is 0 Å². The number of aryl methyl sites for hydroxylation is 1. The van der Waals surface area contributed by atoms with Crippen LogP contribution < -0.4 is 5.32 Å². The Bertz CT molecular complexity index is 516. The third-order valence-electron chi connectivity index (χ3n) is 3.29. The van der Waals surface area contributed by atoms with Crippen LogP contribution in [0.4, 0.5) is 0 Å². The zero-order valence-corrected chi connectivity index (χ0v) is 11.4. The average Bonchev–Trinajstić information content (AvgIpc) is 2.66. The lowest BCUT2D eigenvalue weighted by molar-refractivity contribution is 0.609. The van der Waals surface area contributed by atoms with Gasteiger partial charge in [-0.2, -0.15) is 0 Å². The highest BCUT2D eigenvalue weighted by Gasteiger charge is 2.10. The minimum atomic E-state index is 0.477. The molecule has 2 rings (SSSR count). The van der Waals surface area contributed by atoms with Crippen LogP contribution in [0, 0.1) is 0 Å². The fourth-order valence-corrected chi connectivity index (χ4v) is 2.37. The highest BCUT2D eigenvalue weighted by atomic mass is 35.5. The van der Waals surface area contributed by atoms with E-state index in [2.05, 4.69) is 42.1 Å². The molecular formula is C14H19ClN2. The summed E-state index contributed by atoms with van der Waals surface area (Å²) in [6, 6.07) is 6.61. The molecule has 1 atom stereocenters. The first-order valence-electron chi connectivity index (χ1n) is 6.10. The molecule has 17 heavy (non-hydrogen) atoms. The lowest BCUT2D eigenvalue weighted by Gasteiger charge is -2.08. The lowest BCUT2D eigenvalue weighted by Crippen LogP contribution is -2.23. The first kappa shape index (κ1) is 12.5. The molecule has 0 saturated carbocycles. The van der Waals surface area contributed by atoms with Gasteiger partial charge >= 0.3 is 0 Å². The van der Waals surface area contributed by atoms with Crippen LogP contribution in [0.1, 0.15) is 19.4 Å². The second kappa shape index (κ2) is 5.11. The third-order valence-corrected chi connectivity index (χ3v) is 3.52. The van der Waals surface area contributed by atoms with Crippen LogP contribution in [0.2, 0.25) is 5.02 Å². The predicted octanol–water partition coefficient (Wildman–Crippen LogP) is 3.47. The number of rotatable bonds is 4. The summed E-state index contributed by atoms with van der Waals surface area (Å²) in [6.07, 6.45) is 3.27. The van der Waals surface area contributed by atoms with Crippen LogP contribution in [0.3, 0.4) is 0 Å². The molecule has 2 aromatic rings. The van der Waals surface area contributed by atoms with E-state index in [1.165, 1.54) is 16.5 Å². The van der Waals surface area contributed by atoms with Crippen molar-refractivity contribution in [2.24, 2.45) is 0 Å². The summed E-state index contributed by atoms with van der Waals surface area (Å²) in [4.78, 5) is 0. The molecule has 0 radical (unpaired) electrons. The Labute approximate surface area is 108 Å². The quantitative estimate of drug-likeness (QED) is 0.879. The van der Waals surface area contributed by atoms with Gasteiger partial charge in [0.25, 0.3) is 0 Å². The molecule has 0 aliphatic carbocycles. The average molecular weight is 251 g/mol. The molecule has 1 N–H and O–H groups in total. The number of fused-ring (bicyclic) bond motifs is 1. The van der Waals surface area contributed by atoms with Gasteiger partial charge in [-0.25, -0.2) is 0 Å². The van der Waals surface area contributed by atoms with Crippen molar-refractivity contribution < 1.29 is 0 Å². The van der Waals surface area contributed by atoms with Crippen molar-refractivity contribution in [2.45, 2.75) is 32.9 Å². The maximum atomic E-state index is 6.09. The SMILES string of the molecule is CCn1cc(CC(C)NC)c2cc(Cl)ccc21. The molecule has 0 aliphatic heterocycles. The molecule has 0 saturated heterocycles. The number of nitrogens with zero attached hydrogens (tertiary/aromatic N) is 1. The van der Waals surface area contributed by atoms with Gasteiger partial charge in [-0.05, 0) is 51.1 Å². The molecule has 1 aromatic carbocycles. The molecule has 1 aromatic heterocycles. The van der Waals surface area contributed by atoms with Gasteiger partial charge < -0.3 is 9.88 Å². The topological polar surface area (TPSA) is 17.0 Å². The molecule has 2 nitrogen and oxygen atoms in total. The molecule has 92 valence electrons. The fraction of sp³-hybridized carbons (Fsp3) is 0.429. The van der Waals surface area contributed by atoms with Crippen molar-refractivity contribution in [1.82, 2.24) is 9.88 Å². The Morgan fingerprint density at radius 2 is 2.18 bits per heavy atom. The van der Waals surface area contributed by atoms with Crippen molar-refractivity contribution in [3.63, 3.8) is 0 Å². The number of benzene rings is 1. The Balaban J connectivity index is 2.50. The predicted molar refractivity (Wildman–Crippen MR) is 74.8 cm³/mol. The number of nitrogens with one attached hydrogen (secondary N) is 1. The summed E-state index contributed by atoms with van der Waals surface area (Å²) in [5.74, 6) is 0. The van der Waals surface area contributed by atoms with Gasteiger partial charge in [0.15, 0.2) is 0 Å². The molecule has 0 aliphatic rings. The smallest absolute Gasteiger partial charge is 0.0484 e. The maximum absolute atomic E-state index is 6.09. The van der Waals surface area contributed by atoms with Crippen LogP contribution >= 0.6 is 11.6 Å². The first-order valence-corrected chi connectivity index (χ1v) is 6.48. The van der Waals surface area contributed by atoms with E-state index in [0.29, 0.717) is 6.04 Å². The minimum Gasteiger partial charge on any atom is -0.347 e. The number of halogens is 1. The van der Waals surface area contributed by atoms with Crippen molar-refractivity contribution in [2.75, 3.05) is 7.05 Å². The molecular weight excluding hydrogens is 232 g/mol. The van der Waals surface area contributed by atoms with E-state index < -0.39 is 0 Å². The van der Waals surface area contributed by atoms with E-state index in [1.54, 1.807) is 0 Å². The van der Waals surface area contributed by atoms with Crippen LogP contribution in [-0.2, 0) is 13.0 Å². The van der Waals surface area contributed by atoms with Gasteiger partial charge in [0, 0.05) is 34.7 Å². The third kappa shape index (κ3) is 2.48. The molecule has 1 heterocycles. The second-order valence-corrected chi connectivity index (χ2v) is 4.93. The van der Waals surface area contributed by atoms with E-state index in [-0.39, 0.29) is 0 Å². The summed E-state index contributed by atoms with van der Waals surface area (Å²) < 4.78 is 2.28. The van der Waals surface area contributed by atoms with E-state index in [4.69, 9.17) is 11.6 Å². The van der Waals surface area contributed by atoms with Crippen molar-refractivity contribution in [3.8, 4) is 0 Å². The number of aromatic nitrogens is 1. The van der Waals surface area contributed by atoms with Crippen LogP contribution in [0.15, 0.2) is 24.4 Å². The van der Waals surface area contributed by atoms with Gasteiger partial charge in [-0.3, -0.25) is 0 Å².